The maximum absolute atomic E-state index is 12.5. The van der Waals surface area contributed by atoms with Gasteiger partial charge in [-0.15, -0.1) is 0 Å². The first-order chi connectivity index (χ1) is 8.90. The van der Waals surface area contributed by atoms with Crippen molar-refractivity contribution >= 4 is 31.2 Å². The number of thiophene rings is 1. The highest BCUT2D eigenvalue weighted by molar-refractivity contribution is 7.92. The summed E-state index contributed by atoms with van der Waals surface area (Å²) in [6.07, 6.45) is 1.85. The van der Waals surface area contributed by atoms with Gasteiger partial charge in [0.05, 0.1) is 16.4 Å². The average Bonchev–Trinajstić information content (AvgIpc) is 3.01. The third-order valence-corrected chi connectivity index (χ3v) is 8.09. The summed E-state index contributed by atoms with van der Waals surface area (Å²) in [7, 11) is -6.65. The van der Waals surface area contributed by atoms with Crippen LogP contribution in [0.15, 0.2) is 21.7 Å². The first-order valence-electron chi connectivity index (χ1n) is 6.15. The molecule has 106 valence electrons. The molecule has 0 aromatic carbocycles. The highest BCUT2D eigenvalue weighted by atomic mass is 32.2. The lowest BCUT2D eigenvalue weighted by atomic mass is 10.2. The molecule has 1 atom stereocenters. The van der Waals surface area contributed by atoms with Crippen molar-refractivity contribution in [3.8, 4) is 0 Å². The van der Waals surface area contributed by atoms with Crippen LogP contribution in [0.25, 0.3) is 0 Å². The lowest BCUT2D eigenvalue weighted by Gasteiger charge is -2.34. The van der Waals surface area contributed by atoms with Crippen LogP contribution in [0.3, 0.4) is 0 Å². The van der Waals surface area contributed by atoms with Crippen molar-refractivity contribution in [2.75, 3.05) is 18.1 Å². The van der Waals surface area contributed by atoms with E-state index in [4.69, 9.17) is 0 Å². The predicted octanol–water partition coefficient (Wildman–Crippen LogP) is 0.946. The summed E-state index contributed by atoms with van der Waals surface area (Å²) in [5.41, 5.74) is 0. The van der Waals surface area contributed by atoms with E-state index in [0.29, 0.717) is 0 Å². The Morgan fingerprint density at radius 1 is 1.32 bits per heavy atom. The van der Waals surface area contributed by atoms with Gasteiger partial charge in [-0.3, -0.25) is 0 Å². The Bertz CT molecular complexity index is 659. The fourth-order valence-corrected chi connectivity index (χ4v) is 7.03. The molecule has 1 saturated heterocycles. The summed E-state index contributed by atoms with van der Waals surface area (Å²) in [6, 6.07) is 1.20. The van der Waals surface area contributed by atoms with Gasteiger partial charge >= 0.3 is 0 Å². The molecule has 2 fully saturated rings. The number of rotatable bonds is 3. The van der Waals surface area contributed by atoms with Crippen molar-refractivity contribution in [1.29, 1.82) is 0 Å². The van der Waals surface area contributed by atoms with Crippen molar-refractivity contribution < 1.29 is 16.8 Å². The first kappa shape index (κ1) is 13.5. The van der Waals surface area contributed by atoms with Gasteiger partial charge in [-0.25, -0.2) is 16.8 Å². The molecule has 1 aliphatic heterocycles. The molecule has 2 aliphatic rings. The lowest BCUT2D eigenvalue weighted by Crippen LogP contribution is -2.52. The molecule has 0 amide bonds. The average molecular weight is 321 g/mol. The Kier molecular flexibility index (Phi) is 3.24. The Hall–Kier alpha value is -0.440. The molecular weight excluding hydrogens is 306 g/mol. The summed E-state index contributed by atoms with van der Waals surface area (Å²) in [5.74, 6) is 0.115. The zero-order valence-corrected chi connectivity index (χ0v) is 12.7. The second-order valence-corrected chi connectivity index (χ2v) is 9.99. The fourth-order valence-electron chi connectivity index (χ4n) is 2.51. The van der Waals surface area contributed by atoms with E-state index in [-0.39, 0.29) is 34.9 Å². The van der Waals surface area contributed by atoms with Gasteiger partial charge < -0.3 is 0 Å². The van der Waals surface area contributed by atoms with Crippen molar-refractivity contribution in [2.45, 2.75) is 23.8 Å². The zero-order chi connectivity index (χ0) is 13.7. The normalized spacial score (nSPS) is 28.3. The Balaban J connectivity index is 1.95. The minimum atomic E-state index is -3.54. The van der Waals surface area contributed by atoms with Crippen LogP contribution in [0.2, 0.25) is 0 Å². The lowest BCUT2D eigenvalue weighted by molar-refractivity contribution is 0.311. The molecule has 8 heteroatoms. The van der Waals surface area contributed by atoms with E-state index in [2.05, 4.69) is 0 Å². The summed E-state index contributed by atoms with van der Waals surface area (Å²) in [4.78, 5) is 0.280. The van der Waals surface area contributed by atoms with E-state index < -0.39 is 19.9 Å². The third-order valence-electron chi connectivity index (χ3n) is 3.69. The van der Waals surface area contributed by atoms with E-state index in [1.807, 2.05) is 0 Å². The molecule has 1 unspecified atom stereocenters. The smallest absolute Gasteiger partial charge is 0.229 e. The Morgan fingerprint density at radius 2 is 2.05 bits per heavy atom. The van der Waals surface area contributed by atoms with Gasteiger partial charge in [0.25, 0.3) is 0 Å². The van der Waals surface area contributed by atoms with Crippen LogP contribution in [0.5, 0.6) is 0 Å². The number of hydrogen-bond donors (Lipinski definition) is 0. The van der Waals surface area contributed by atoms with Crippen molar-refractivity contribution in [1.82, 2.24) is 4.31 Å². The third kappa shape index (κ3) is 2.58. The maximum Gasteiger partial charge on any atom is 0.244 e. The highest BCUT2D eigenvalue weighted by Crippen LogP contribution is 2.39. The Morgan fingerprint density at radius 3 is 2.63 bits per heavy atom. The van der Waals surface area contributed by atoms with Gasteiger partial charge in [0.2, 0.25) is 10.0 Å². The molecule has 0 radical (unpaired) electrons. The van der Waals surface area contributed by atoms with Gasteiger partial charge in [0.15, 0.2) is 9.84 Å². The van der Waals surface area contributed by atoms with Crippen molar-refractivity contribution in [3.63, 3.8) is 0 Å². The molecule has 2 heterocycles. The van der Waals surface area contributed by atoms with Crippen LogP contribution in [0.4, 0.5) is 0 Å². The minimum Gasteiger partial charge on any atom is -0.229 e. The molecule has 0 N–H and O–H groups in total. The second-order valence-electron chi connectivity index (χ2n) is 5.09. The molecule has 1 aromatic rings. The second kappa shape index (κ2) is 4.54. The molecule has 19 heavy (non-hydrogen) atoms. The zero-order valence-electron chi connectivity index (χ0n) is 10.2. The van der Waals surface area contributed by atoms with Gasteiger partial charge in [-0.1, -0.05) is 0 Å². The number of sulfone groups is 1. The van der Waals surface area contributed by atoms with Crippen LogP contribution >= 0.6 is 11.3 Å². The summed E-state index contributed by atoms with van der Waals surface area (Å²) in [6.45, 7) is 0.0850. The van der Waals surface area contributed by atoms with Gasteiger partial charge in [-0.2, -0.15) is 15.6 Å². The largest absolute Gasteiger partial charge is 0.244 e. The predicted molar refractivity (Wildman–Crippen MR) is 73.4 cm³/mol. The number of sulfonamides is 1. The molecule has 1 aliphatic carbocycles. The SMILES string of the molecule is O=S1(=O)CCN(S(=O)(=O)c2ccsc2)C(C2CC2)C1. The van der Waals surface area contributed by atoms with Crippen molar-refractivity contribution in [3.05, 3.63) is 16.8 Å². The molecule has 3 rings (SSSR count). The monoisotopic (exact) mass is 321 g/mol. The Labute approximate surface area is 117 Å². The topological polar surface area (TPSA) is 71.5 Å². The highest BCUT2D eigenvalue weighted by Gasteiger charge is 2.46. The van der Waals surface area contributed by atoms with E-state index in [1.165, 1.54) is 15.6 Å². The van der Waals surface area contributed by atoms with E-state index in [1.54, 1.807) is 16.8 Å². The first-order valence-corrected chi connectivity index (χ1v) is 10.3. The van der Waals surface area contributed by atoms with Crippen LogP contribution in [0.1, 0.15) is 12.8 Å². The molecule has 1 aromatic heterocycles. The van der Waals surface area contributed by atoms with Crippen LogP contribution in [-0.2, 0) is 19.9 Å². The standard InChI is InChI=1S/C11H15NO4S3/c13-18(14)6-4-12(11(8-18)9-1-2-9)19(15,16)10-3-5-17-7-10/h3,5,7,9,11H,1-2,4,6,8H2. The van der Waals surface area contributed by atoms with E-state index in [9.17, 15) is 16.8 Å². The van der Waals surface area contributed by atoms with Gasteiger partial charge in [-0.05, 0) is 30.2 Å². The molecule has 0 bridgehead atoms. The number of nitrogens with zero attached hydrogens (tertiary/aromatic N) is 1. The van der Waals surface area contributed by atoms with Crippen LogP contribution in [0, 0.1) is 5.92 Å². The minimum absolute atomic E-state index is 0.0268. The molecular formula is C11H15NO4S3. The fraction of sp³-hybridized carbons (Fsp3) is 0.636. The maximum atomic E-state index is 12.5. The van der Waals surface area contributed by atoms with Crippen LogP contribution < -0.4 is 0 Å². The molecule has 5 nitrogen and oxygen atoms in total. The summed E-state index contributed by atoms with van der Waals surface area (Å²) in [5, 5.41) is 3.32. The van der Waals surface area contributed by atoms with E-state index >= 15 is 0 Å². The van der Waals surface area contributed by atoms with Gasteiger partial charge in [0, 0.05) is 18.0 Å². The van der Waals surface area contributed by atoms with Gasteiger partial charge in [0.1, 0.15) is 0 Å². The van der Waals surface area contributed by atoms with Crippen molar-refractivity contribution in [2.24, 2.45) is 5.92 Å². The van der Waals surface area contributed by atoms with Crippen LogP contribution in [-0.4, -0.2) is 45.2 Å². The molecule has 0 spiro atoms. The number of hydrogen-bond acceptors (Lipinski definition) is 5. The van der Waals surface area contributed by atoms with E-state index in [0.717, 1.165) is 12.8 Å². The summed E-state index contributed by atoms with van der Waals surface area (Å²) < 4.78 is 50.0. The molecule has 1 saturated carbocycles. The quantitative estimate of drug-likeness (QED) is 0.831. The summed E-state index contributed by atoms with van der Waals surface area (Å²) >= 11 is 1.33.